The van der Waals surface area contributed by atoms with Crippen molar-refractivity contribution in [1.29, 1.82) is 0 Å². The summed E-state index contributed by atoms with van der Waals surface area (Å²) in [6, 6.07) is 1.87. The van der Waals surface area contributed by atoms with E-state index in [1.165, 1.54) is 11.0 Å². The molecular formula is C14H16Cl2F6N2. The summed E-state index contributed by atoms with van der Waals surface area (Å²) in [7, 11) is 0. The van der Waals surface area contributed by atoms with Crippen molar-refractivity contribution in [3.63, 3.8) is 0 Å². The molecule has 1 saturated heterocycles. The van der Waals surface area contributed by atoms with E-state index in [-0.39, 0.29) is 18.0 Å². The predicted molar refractivity (Wildman–Crippen MR) is 81.6 cm³/mol. The van der Waals surface area contributed by atoms with Gasteiger partial charge in [0, 0.05) is 32.2 Å². The molecule has 2 nitrogen and oxygen atoms in total. The van der Waals surface area contributed by atoms with Crippen LogP contribution in [-0.4, -0.2) is 37.3 Å². The van der Waals surface area contributed by atoms with Crippen molar-refractivity contribution in [2.24, 2.45) is 0 Å². The van der Waals surface area contributed by atoms with Crippen LogP contribution in [0.3, 0.4) is 0 Å². The van der Waals surface area contributed by atoms with E-state index in [1.54, 1.807) is 0 Å². The molecule has 1 fully saturated rings. The number of hydrogen-bond donors (Lipinski definition) is 1. The van der Waals surface area contributed by atoms with Gasteiger partial charge in [-0.1, -0.05) is 23.7 Å². The summed E-state index contributed by atoms with van der Waals surface area (Å²) >= 11 is 5.81. The Morgan fingerprint density at radius 2 is 1.67 bits per heavy atom. The van der Waals surface area contributed by atoms with Crippen LogP contribution in [-0.2, 0) is 6.18 Å². The second-order valence-electron chi connectivity index (χ2n) is 5.33. The van der Waals surface area contributed by atoms with Crippen LogP contribution in [0.1, 0.15) is 23.6 Å². The minimum absolute atomic E-state index is 0. The number of alkyl halides is 6. The Balaban J connectivity index is 0.00000288. The van der Waals surface area contributed by atoms with E-state index >= 15 is 0 Å². The molecule has 1 atom stereocenters. The molecule has 1 N–H and O–H groups in total. The summed E-state index contributed by atoms with van der Waals surface area (Å²) in [6.07, 6.45) is -10.5. The van der Waals surface area contributed by atoms with Gasteiger partial charge in [-0.3, -0.25) is 4.90 Å². The highest BCUT2D eigenvalue weighted by atomic mass is 35.5. The molecule has 0 spiro atoms. The van der Waals surface area contributed by atoms with E-state index in [0.717, 1.165) is 12.1 Å². The Kier molecular flexibility index (Phi) is 7.22. The maximum absolute atomic E-state index is 12.9. The lowest BCUT2D eigenvalue weighted by Crippen LogP contribution is -2.46. The molecule has 1 heterocycles. The Labute approximate surface area is 146 Å². The van der Waals surface area contributed by atoms with Crippen molar-refractivity contribution in [3.05, 3.63) is 34.3 Å². The van der Waals surface area contributed by atoms with Crippen LogP contribution < -0.4 is 5.32 Å². The van der Waals surface area contributed by atoms with Gasteiger partial charge in [-0.05, 0) is 11.6 Å². The van der Waals surface area contributed by atoms with E-state index in [4.69, 9.17) is 11.6 Å². The second kappa shape index (κ2) is 8.12. The molecule has 0 bridgehead atoms. The fourth-order valence-corrected chi connectivity index (χ4v) is 3.03. The van der Waals surface area contributed by atoms with Crippen molar-refractivity contribution in [2.75, 3.05) is 26.2 Å². The van der Waals surface area contributed by atoms with Gasteiger partial charge in [-0.15, -0.1) is 12.4 Å². The number of rotatable bonds is 3. The van der Waals surface area contributed by atoms with Gasteiger partial charge >= 0.3 is 12.4 Å². The monoisotopic (exact) mass is 396 g/mol. The third-order valence-corrected chi connectivity index (χ3v) is 4.13. The molecule has 1 aliphatic rings. The number of halogens is 8. The van der Waals surface area contributed by atoms with Gasteiger partial charge in [-0.2, -0.15) is 26.3 Å². The highest BCUT2D eigenvalue weighted by Gasteiger charge is 2.39. The molecule has 0 unspecified atom stereocenters. The van der Waals surface area contributed by atoms with Gasteiger partial charge in [0.15, 0.2) is 0 Å². The molecule has 2 rings (SSSR count). The summed E-state index contributed by atoms with van der Waals surface area (Å²) in [5.41, 5.74) is -1.25. The van der Waals surface area contributed by atoms with Crippen molar-refractivity contribution in [3.8, 4) is 0 Å². The zero-order valence-electron chi connectivity index (χ0n) is 12.3. The Morgan fingerprint density at radius 1 is 1.08 bits per heavy atom. The molecule has 0 radical (unpaired) electrons. The molecule has 1 aromatic carbocycles. The zero-order chi connectivity index (χ0) is 17.3. The standard InChI is InChI=1S/C14H15ClF6N2.ClH/c15-12-9(2-1-3-10(12)14(19,20)21)11(8-13(16,17)18)23-6-4-22-5-7-23;/h1-3,11,22H,4-8H2;1H/t11-;/m0./s1. The molecule has 0 aromatic heterocycles. The molecule has 1 aromatic rings. The highest BCUT2D eigenvalue weighted by molar-refractivity contribution is 6.32. The minimum atomic E-state index is -4.71. The van der Waals surface area contributed by atoms with E-state index in [9.17, 15) is 26.3 Å². The second-order valence-corrected chi connectivity index (χ2v) is 5.71. The van der Waals surface area contributed by atoms with Gasteiger partial charge in [0.25, 0.3) is 0 Å². The third kappa shape index (κ3) is 5.40. The first kappa shape index (κ1) is 21.3. The lowest BCUT2D eigenvalue weighted by atomic mass is 9.98. The van der Waals surface area contributed by atoms with Crippen LogP contribution in [0.5, 0.6) is 0 Å². The van der Waals surface area contributed by atoms with E-state index in [2.05, 4.69) is 5.32 Å². The molecular weight excluding hydrogens is 381 g/mol. The smallest absolute Gasteiger partial charge is 0.314 e. The van der Waals surface area contributed by atoms with Gasteiger partial charge < -0.3 is 5.32 Å². The fraction of sp³-hybridized carbons (Fsp3) is 0.571. The Bertz CT molecular complexity index is 541. The summed E-state index contributed by atoms with van der Waals surface area (Å²) < 4.78 is 77.5. The quantitative estimate of drug-likeness (QED) is 0.746. The van der Waals surface area contributed by atoms with Crippen LogP contribution in [0.2, 0.25) is 5.02 Å². The molecule has 0 aliphatic carbocycles. The van der Waals surface area contributed by atoms with Crippen LogP contribution in [0, 0.1) is 0 Å². The third-order valence-electron chi connectivity index (χ3n) is 3.71. The summed E-state index contributed by atoms with van der Waals surface area (Å²) in [5, 5.41) is 2.34. The van der Waals surface area contributed by atoms with Gasteiger partial charge in [0.2, 0.25) is 0 Å². The largest absolute Gasteiger partial charge is 0.417 e. The molecule has 24 heavy (non-hydrogen) atoms. The first-order valence-electron chi connectivity index (χ1n) is 6.97. The first-order valence-corrected chi connectivity index (χ1v) is 7.34. The van der Waals surface area contributed by atoms with E-state index in [1.807, 2.05) is 0 Å². The van der Waals surface area contributed by atoms with Crippen LogP contribution >= 0.6 is 24.0 Å². The van der Waals surface area contributed by atoms with Gasteiger partial charge in [-0.25, -0.2) is 0 Å². The lowest BCUT2D eigenvalue weighted by Gasteiger charge is -2.36. The first-order chi connectivity index (χ1) is 10.6. The number of benzene rings is 1. The van der Waals surface area contributed by atoms with E-state index in [0.29, 0.717) is 26.2 Å². The fourth-order valence-electron chi connectivity index (χ4n) is 2.67. The maximum atomic E-state index is 12.9. The van der Waals surface area contributed by atoms with Crippen molar-refractivity contribution < 1.29 is 26.3 Å². The van der Waals surface area contributed by atoms with E-state index < -0.39 is 35.4 Å². The normalized spacial score (nSPS) is 18.1. The minimum Gasteiger partial charge on any atom is -0.314 e. The van der Waals surface area contributed by atoms with Crippen molar-refractivity contribution in [1.82, 2.24) is 10.2 Å². The topological polar surface area (TPSA) is 15.3 Å². The molecule has 1 aliphatic heterocycles. The molecule has 138 valence electrons. The number of piperazine rings is 1. The lowest BCUT2D eigenvalue weighted by molar-refractivity contribution is -0.148. The summed E-state index contributed by atoms with van der Waals surface area (Å²) in [4.78, 5) is 1.52. The molecule has 0 saturated carbocycles. The number of nitrogens with zero attached hydrogens (tertiary/aromatic N) is 1. The van der Waals surface area contributed by atoms with Crippen molar-refractivity contribution in [2.45, 2.75) is 24.8 Å². The average Bonchev–Trinajstić information content (AvgIpc) is 2.44. The van der Waals surface area contributed by atoms with Crippen LogP contribution in [0.25, 0.3) is 0 Å². The maximum Gasteiger partial charge on any atom is 0.417 e. The van der Waals surface area contributed by atoms with Crippen molar-refractivity contribution >= 4 is 24.0 Å². The Morgan fingerprint density at radius 3 is 2.17 bits per heavy atom. The van der Waals surface area contributed by atoms with Crippen LogP contribution in [0.15, 0.2) is 18.2 Å². The summed E-state index contributed by atoms with van der Waals surface area (Å²) in [6.45, 7) is 1.58. The van der Waals surface area contributed by atoms with Gasteiger partial charge in [0.1, 0.15) is 0 Å². The summed E-state index contributed by atoms with van der Waals surface area (Å²) in [5.74, 6) is 0. The average molecular weight is 397 g/mol. The number of hydrogen-bond acceptors (Lipinski definition) is 2. The van der Waals surface area contributed by atoms with Gasteiger partial charge in [0.05, 0.1) is 17.0 Å². The predicted octanol–water partition coefficient (Wildman–Crippen LogP) is 4.68. The Hall–Kier alpha value is -0.700. The molecule has 0 amide bonds. The van der Waals surface area contributed by atoms with Crippen LogP contribution in [0.4, 0.5) is 26.3 Å². The highest BCUT2D eigenvalue weighted by Crippen LogP contribution is 2.42. The number of nitrogens with one attached hydrogen (secondary N) is 1. The molecule has 10 heteroatoms. The SMILES string of the molecule is Cl.FC(F)(F)C[C@@H](c1cccc(C(F)(F)F)c1Cl)N1CCNCC1. The zero-order valence-corrected chi connectivity index (χ0v) is 13.9.